The maximum atomic E-state index is 3.99. The number of hydrogen-bond acceptors (Lipinski definition) is 0. The molecule has 15 heavy (non-hydrogen) atoms. The minimum Gasteiger partial charge on any atom is -0.103 e. The van der Waals surface area contributed by atoms with Crippen LogP contribution >= 0.6 is 0 Å². The van der Waals surface area contributed by atoms with E-state index in [0.717, 1.165) is 5.54 Å². The van der Waals surface area contributed by atoms with Crippen molar-refractivity contribution in [3.63, 3.8) is 0 Å². The van der Waals surface area contributed by atoms with Crippen molar-refractivity contribution in [2.45, 2.75) is 77.1 Å². The average Bonchev–Trinajstić information content (AvgIpc) is 2.15. The minimum absolute atomic E-state index is 0.823. The molecule has 1 heteroatoms. The van der Waals surface area contributed by atoms with Crippen molar-refractivity contribution in [3.05, 3.63) is 12.7 Å². The molecule has 0 aromatic carbocycles. The standard InChI is InChI=1S/C14H30Si/c1-6-8-9-10-11-12-13-14(7-2)15(3,4)5/h7,14H,2,6,8-13H2,1,3-5H3. The highest BCUT2D eigenvalue weighted by atomic mass is 28.3. The van der Waals surface area contributed by atoms with Crippen LogP contribution in [-0.4, -0.2) is 8.07 Å². The average molecular weight is 226 g/mol. The van der Waals surface area contributed by atoms with Gasteiger partial charge in [-0.1, -0.05) is 71.2 Å². The smallest absolute Gasteiger partial charge is 0.0513 e. The molecule has 0 N–H and O–H groups in total. The lowest BCUT2D eigenvalue weighted by Gasteiger charge is -2.25. The number of allylic oxidation sites excluding steroid dienone is 1. The first-order valence-electron chi connectivity index (χ1n) is 6.65. The van der Waals surface area contributed by atoms with Crippen LogP contribution in [0.3, 0.4) is 0 Å². The third-order valence-corrected chi connectivity index (χ3v) is 6.01. The first kappa shape index (κ1) is 15.0. The highest BCUT2D eigenvalue weighted by molar-refractivity contribution is 6.78. The van der Waals surface area contributed by atoms with Gasteiger partial charge in [-0.3, -0.25) is 0 Å². The van der Waals surface area contributed by atoms with Crippen molar-refractivity contribution in [3.8, 4) is 0 Å². The molecule has 0 nitrogen and oxygen atoms in total. The van der Waals surface area contributed by atoms with Gasteiger partial charge in [-0.2, -0.15) is 0 Å². The third-order valence-electron chi connectivity index (χ3n) is 3.27. The molecule has 0 saturated carbocycles. The molecule has 0 aromatic rings. The van der Waals surface area contributed by atoms with Crippen molar-refractivity contribution in [2.24, 2.45) is 0 Å². The quantitative estimate of drug-likeness (QED) is 0.271. The Labute approximate surface area is 98.2 Å². The summed E-state index contributed by atoms with van der Waals surface area (Å²) in [6, 6.07) is 0. The van der Waals surface area contributed by atoms with Crippen molar-refractivity contribution < 1.29 is 0 Å². The number of rotatable bonds is 9. The molecule has 0 rings (SSSR count). The van der Waals surface area contributed by atoms with Gasteiger partial charge >= 0.3 is 0 Å². The molecule has 0 aromatic heterocycles. The van der Waals surface area contributed by atoms with E-state index in [0.29, 0.717) is 0 Å². The highest BCUT2D eigenvalue weighted by Gasteiger charge is 2.22. The van der Waals surface area contributed by atoms with E-state index in [1.54, 1.807) is 0 Å². The molecule has 1 atom stereocenters. The van der Waals surface area contributed by atoms with E-state index >= 15 is 0 Å². The summed E-state index contributed by atoms with van der Waals surface area (Å²) in [5.74, 6) is 0. The predicted molar refractivity (Wildman–Crippen MR) is 75.3 cm³/mol. The predicted octanol–water partition coefficient (Wildman–Crippen LogP) is 5.63. The molecule has 0 aliphatic heterocycles. The summed E-state index contributed by atoms with van der Waals surface area (Å²) in [6.45, 7) is 13.6. The molecule has 0 saturated heterocycles. The maximum absolute atomic E-state index is 3.99. The van der Waals surface area contributed by atoms with E-state index in [1.807, 2.05) is 0 Å². The van der Waals surface area contributed by atoms with Crippen molar-refractivity contribution in [2.75, 3.05) is 0 Å². The number of hydrogen-bond donors (Lipinski definition) is 0. The molecule has 90 valence electrons. The Hall–Kier alpha value is -0.0431. The van der Waals surface area contributed by atoms with Crippen LogP contribution in [0.2, 0.25) is 25.2 Å². The van der Waals surface area contributed by atoms with Gasteiger partial charge in [0, 0.05) is 0 Å². The van der Waals surface area contributed by atoms with Gasteiger partial charge in [-0.15, -0.1) is 6.58 Å². The first-order chi connectivity index (χ1) is 7.02. The zero-order valence-corrected chi connectivity index (χ0v) is 12.3. The molecule has 1 unspecified atom stereocenters. The normalized spacial score (nSPS) is 13.9. The molecular weight excluding hydrogens is 196 g/mol. The maximum Gasteiger partial charge on any atom is 0.0513 e. The molecule has 0 aliphatic rings. The molecule has 0 bridgehead atoms. The Balaban J connectivity index is 3.52. The van der Waals surface area contributed by atoms with Crippen LogP contribution in [0.1, 0.15) is 51.9 Å². The Morgan fingerprint density at radius 1 is 1.00 bits per heavy atom. The van der Waals surface area contributed by atoms with Crippen molar-refractivity contribution in [1.29, 1.82) is 0 Å². The van der Waals surface area contributed by atoms with Crippen molar-refractivity contribution >= 4 is 8.07 Å². The van der Waals surface area contributed by atoms with Gasteiger partial charge in [0.25, 0.3) is 0 Å². The SMILES string of the molecule is C=CC(CCCCCCCC)[Si](C)(C)C. The van der Waals surface area contributed by atoms with Crippen LogP contribution < -0.4 is 0 Å². The summed E-state index contributed by atoms with van der Waals surface area (Å²) in [5.41, 5.74) is 0.823. The van der Waals surface area contributed by atoms with Crippen LogP contribution in [0, 0.1) is 0 Å². The second-order valence-corrected chi connectivity index (χ2v) is 11.2. The fourth-order valence-electron chi connectivity index (χ4n) is 2.05. The number of unbranched alkanes of at least 4 members (excludes halogenated alkanes) is 5. The van der Waals surface area contributed by atoms with E-state index < -0.39 is 8.07 Å². The van der Waals surface area contributed by atoms with Crippen LogP contribution in [0.25, 0.3) is 0 Å². The van der Waals surface area contributed by atoms with E-state index in [-0.39, 0.29) is 0 Å². The highest BCUT2D eigenvalue weighted by Crippen LogP contribution is 2.28. The lowest BCUT2D eigenvalue weighted by atomic mass is 10.1. The lowest BCUT2D eigenvalue weighted by Crippen LogP contribution is -2.26. The lowest BCUT2D eigenvalue weighted by molar-refractivity contribution is 0.589. The summed E-state index contributed by atoms with van der Waals surface area (Å²) in [6.07, 6.45) is 12.1. The molecular formula is C14H30Si. The molecule has 0 radical (unpaired) electrons. The van der Waals surface area contributed by atoms with Crippen LogP contribution in [0.4, 0.5) is 0 Å². The Morgan fingerprint density at radius 3 is 2.00 bits per heavy atom. The van der Waals surface area contributed by atoms with Crippen molar-refractivity contribution in [1.82, 2.24) is 0 Å². The fourth-order valence-corrected chi connectivity index (χ4v) is 3.83. The molecule has 0 fully saturated rings. The summed E-state index contributed by atoms with van der Waals surface area (Å²) >= 11 is 0. The zero-order valence-electron chi connectivity index (χ0n) is 11.3. The second-order valence-electron chi connectivity index (χ2n) is 5.76. The van der Waals surface area contributed by atoms with E-state index in [4.69, 9.17) is 0 Å². The van der Waals surface area contributed by atoms with Gasteiger partial charge in [0.1, 0.15) is 0 Å². The minimum atomic E-state index is -0.980. The monoisotopic (exact) mass is 226 g/mol. The van der Waals surface area contributed by atoms with Gasteiger partial charge in [0.2, 0.25) is 0 Å². The van der Waals surface area contributed by atoms with Crippen LogP contribution in [0.15, 0.2) is 12.7 Å². The van der Waals surface area contributed by atoms with E-state index in [9.17, 15) is 0 Å². The van der Waals surface area contributed by atoms with Gasteiger partial charge in [-0.25, -0.2) is 0 Å². The topological polar surface area (TPSA) is 0 Å². The largest absolute Gasteiger partial charge is 0.103 e. The molecule has 0 heterocycles. The summed E-state index contributed by atoms with van der Waals surface area (Å²) in [4.78, 5) is 0. The van der Waals surface area contributed by atoms with E-state index in [1.165, 1.54) is 44.9 Å². The Morgan fingerprint density at radius 2 is 1.53 bits per heavy atom. The first-order valence-corrected chi connectivity index (χ1v) is 10.2. The van der Waals surface area contributed by atoms with E-state index in [2.05, 4.69) is 39.2 Å². The Bertz CT molecular complexity index is 155. The second kappa shape index (κ2) is 8.15. The third kappa shape index (κ3) is 7.84. The molecule has 0 amide bonds. The van der Waals surface area contributed by atoms with Crippen LogP contribution in [-0.2, 0) is 0 Å². The molecule has 0 spiro atoms. The van der Waals surface area contributed by atoms with Gasteiger partial charge in [-0.05, 0) is 12.0 Å². The molecule has 0 aliphatic carbocycles. The Kier molecular flexibility index (Phi) is 8.13. The van der Waals surface area contributed by atoms with Gasteiger partial charge in [0.15, 0.2) is 0 Å². The van der Waals surface area contributed by atoms with Gasteiger partial charge < -0.3 is 0 Å². The fraction of sp³-hybridized carbons (Fsp3) is 0.857. The summed E-state index contributed by atoms with van der Waals surface area (Å²) in [5, 5.41) is 0. The van der Waals surface area contributed by atoms with Gasteiger partial charge in [0.05, 0.1) is 8.07 Å². The zero-order chi connectivity index (χ0) is 11.7. The van der Waals surface area contributed by atoms with Crippen LogP contribution in [0.5, 0.6) is 0 Å². The summed E-state index contributed by atoms with van der Waals surface area (Å²) < 4.78 is 0. The summed E-state index contributed by atoms with van der Waals surface area (Å²) in [7, 11) is -0.980.